The first-order valence-corrected chi connectivity index (χ1v) is 5.44. The number of aromatic nitrogens is 2. The van der Waals surface area contributed by atoms with E-state index in [2.05, 4.69) is 15.3 Å². The standard InChI is InChI=1S/C11H14F3N3O2/c1-10(2,3)19-9(18)8-15-5-4-7(17-8)16-6-11(12,13)14/h4-5H,6H2,1-3H3,(H,15,16,17). The molecule has 0 saturated carbocycles. The number of carbonyl (C=O) groups excluding carboxylic acids is 1. The summed E-state index contributed by atoms with van der Waals surface area (Å²) in [6.45, 7) is 3.75. The Morgan fingerprint density at radius 3 is 2.53 bits per heavy atom. The van der Waals surface area contributed by atoms with Gasteiger partial charge in [0.05, 0.1) is 0 Å². The van der Waals surface area contributed by atoms with Gasteiger partial charge in [-0.05, 0) is 26.8 Å². The molecule has 1 aromatic heterocycles. The summed E-state index contributed by atoms with van der Waals surface area (Å²) in [5, 5.41) is 2.06. The van der Waals surface area contributed by atoms with Gasteiger partial charge in [0.15, 0.2) is 0 Å². The zero-order chi connectivity index (χ0) is 14.7. The Labute approximate surface area is 108 Å². The highest BCUT2D eigenvalue weighted by Crippen LogP contribution is 2.16. The molecule has 1 aromatic rings. The maximum atomic E-state index is 12.0. The van der Waals surface area contributed by atoms with Crippen LogP contribution in [-0.4, -0.2) is 34.3 Å². The number of halogens is 3. The lowest BCUT2D eigenvalue weighted by Crippen LogP contribution is -2.26. The van der Waals surface area contributed by atoms with E-state index in [4.69, 9.17) is 4.74 Å². The molecule has 0 aromatic carbocycles. The second-order valence-electron chi connectivity index (χ2n) is 4.74. The Kier molecular flexibility index (Phi) is 4.33. The Balaban J connectivity index is 2.74. The van der Waals surface area contributed by atoms with Crippen LogP contribution < -0.4 is 5.32 Å². The third-order valence-corrected chi connectivity index (χ3v) is 1.71. The van der Waals surface area contributed by atoms with Gasteiger partial charge in [-0.3, -0.25) is 0 Å². The van der Waals surface area contributed by atoms with Crippen LogP contribution in [0.2, 0.25) is 0 Å². The molecule has 0 atom stereocenters. The molecule has 0 spiro atoms. The SMILES string of the molecule is CC(C)(C)OC(=O)c1nccc(NCC(F)(F)F)n1. The number of carbonyl (C=O) groups is 1. The molecule has 8 heteroatoms. The first-order chi connectivity index (χ1) is 8.57. The number of alkyl halides is 3. The molecule has 1 rings (SSSR count). The number of anilines is 1. The van der Waals surface area contributed by atoms with E-state index in [0.29, 0.717) is 0 Å². The second kappa shape index (κ2) is 5.41. The Bertz CT molecular complexity index is 455. The van der Waals surface area contributed by atoms with E-state index in [9.17, 15) is 18.0 Å². The summed E-state index contributed by atoms with van der Waals surface area (Å²) in [7, 11) is 0. The van der Waals surface area contributed by atoms with Gasteiger partial charge in [0.2, 0.25) is 5.82 Å². The predicted molar refractivity (Wildman–Crippen MR) is 61.7 cm³/mol. The van der Waals surface area contributed by atoms with E-state index >= 15 is 0 Å². The summed E-state index contributed by atoms with van der Waals surface area (Å²) in [4.78, 5) is 18.9. The molecule has 0 amide bonds. The van der Waals surface area contributed by atoms with Crippen LogP contribution >= 0.6 is 0 Å². The molecule has 0 radical (unpaired) electrons. The molecule has 0 bridgehead atoms. The summed E-state index contributed by atoms with van der Waals surface area (Å²) in [6, 6.07) is 1.24. The molecule has 0 aliphatic rings. The lowest BCUT2D eigenvalue weighted by Gasteiger charge is -2.18. The quantitative estimate of drug-likeness (QED) is 0.859. The van der Waals surface area contributed by atoms with Gasteiger partial charge < -0.3 is 10.1 Å². The molecule has 0 fully saturated rings. The van der Waals surface area contributed by atoms with Gasteiger partial charge in [-0.2, -0.15) is 13.2 Å². The van der Waals surface area contributed by atoms with Crippen LogP contribution in [0.15, 0.2) is 12.3 Å². The number of esters is 1. The monoisotopic (exact) mass is 277 g/mol. The van der Waals surface area contributed by atoms with Gasteiger partial charge in [-0.25, -0.2) is 14.8 Å². The molecule has 5 nitrogen and oxygen atoms in total. The van der Waals surface area contributed by atoms with Crippen molar-refractivity contribution < 1.29 is 22.7 Å². The fourth-order valence-electron chi connectivity index (χ4n) is 1.07. The van der Waals surface area contributed by atoms with Crippen molar-refractivity contribution in [2.24, 2.45) is 0 Å². The molecule has 0 aliphatic carbocycles. The molecule has 1 heterocycles. The van der Waals surface area contributed by atoms with Gasteiger partial charge in [-0.1, -0.05) is 0 Å². The summed E-state index contributed by atoms with van der Waals surface area (Å²) in [5.41, 5.74) is -0.726. The minimum absolute atomic E-state index is 0.0896. The highest BCUT2D eigenvalue weighted by molar-refractivity contribution is 5.85. The van der Waals surface area contributed by atoms with Gasteiger partial charge in [0.1, 0.15) is 18.0 Å². The van der Waals surface area contributed by atoms with Crippen molar-refractivity contribution >= 4 is 11.8 Å². The second-order valence-corrected chi connectivity index (χ2v) is 4.74. The van der Waals surface area contributed by atoms with E-state index < -0.39 is 24.3 Å². The maximum Gasteiger partial charge on any atom is 0.405 e. The summed E-state index contributed by atoms with van der Waals surface area (Å²) in [5.74, 6) is -1.17. The first kappa shape index (κ1) is 15.2. The van der Waals surface area contributed by atoms with Crippen molar-refractivity contribution in [2.75, 3.05) is 11.9 Å². The highest BCUT2D eigenvalue weighted by atomic mass is 19.4. The summed E-state index contributed by atoms with van der Waals surface area (Å²) in [6.07, 6.45) is -3.18. The van der Waals surface area contributed by atoms with Crippen molar-refractivity contribution in [1.29, 1.82) is 0 Å². The van der Waals surface area contributed by atoms with E-state index in [1.54, 1.807) is 20.8 Å². The molecule has 19 heavy (non-hydrogen) atoms. The molecular weight excluding hydrogens is 263 g/mol. The third-order valence-electron chi connectivity index (χ3n) is 1.71. The largest absolute Gasteiger partial charge is 0.454 e. The van der Waals surface area contributed by atoms with Crippen LogP contribution in [0.1, 0.15) is 31.4 Å². The van der Waals surface area contributed by atoms with Crippen molar-refractivity contribution in [2.45, 2.75) is 32.5 Å². The van der Waals surface area contributed by atoms with Crippen LogP contribution in [0.3, 0.4) is 0 Å². The van der Waals surface area contributed by atoms with Crippen molar-refractivity contribution in [3.8, 4) is 0 Å². The summed E-state index contributed by atoms with van der Waals surface area (Å²) >= 11 is 0. The minimum Gasteiger partial charge on any atom is -0.454 e. The Hall–Kier alpha value is -1.86. The topological polar surface area (TPSA) is 64.1 Å². The number of hydrogen-bond acceptors (Lipinski definition) is 5. The van der Waals surface area contributed by atoms with Crippen LogP contribution in [0.5, 0.6) is 0 Å². The molecule has 0 aliphatic heterocycles. The predicted octanol–water partition coefficient (Wildman–Crippen LogP) is 2.41. The number of nitrogens with one attached hydrogen (secondary N) is 1. The molecule has 0 unspecified atom stereocenters. The van der Waals surface area contributed by atoms with Crippen LogP contribution in [0.25, 0.3) is 0 Å². The minimum atomic E-state index is -4.36. The molecular formula is C11H14F3N3O2. The van der Waals surface area contributed by atoms with Crippen LogP contribution in [0.4, 0.5) is 19.0 Å². The number of hydrogen-bond donors (Lipinski definition) is 1. The lowest BCUT2D eigenvalue weighted by atomic mass is 10.2. The fraction of sp³-hybridized carbons (Fsp3) is 0.545. The average molecular weight is 277 g/mol. The molecule has 106 valence electrons. The van der Waals surface area contributed by atoms with Gasteiger partial charge in [0, 0.05) is 6.20 Å². The van der Waals surface area contributed by atoms with E-state index in [1.807, 2.05) is 0 Å². The highest BCUT2D eigenvalue weighted by Gasteiger charge is 2.27. The summed E-state index contributed by atoms with van der Waals surface area (Å²) < 4.78 is 41.1. The Morgan fingerprint density at radius 1 is 1.37 bits per heavy atom. The van der Waals surface area contributed by atoms with E-state index in [1.165, 1.54) is 12.3 Å². The average Bonchev–Trinajstić information content (AvgIpc) is 2.23. The van der Waals surface area contributed by atoms with Gasteiger partial charge in [0.25, 0.3) is 0 Å². The van der Waals surface area contributed by atoms with Crippen LogP contribution in [0, 0.1) is 0 Å². The Morgan fingerprint density at radius 2 is 2.00 bits per heavy atom. The molecule has 1 N–H and O–H groups in total. The van der Waals surface area contributed by atoms with Gasteiger partial charge in [-0.15, -0.1) is 0 Å². The number of rotatable bonds is 3. The van der Waals surface area contributed by atoms with E-state index in [-0.39, 0.29) is 11.6 Å². The zero-order valence-corrected chi connectivity index (χ0v) is 10.7. The number of ether oxygens (including phenoxy) is 1. The fourth-order valence-corrected chi connectivity index (χ4v) is 1.07. The zero-order valence-electron chi connectivity index (χ0n) is 10.7. The maximum absolute atomic E-state index is 12.0. The number of nitrogens with zero attached hydrogens (tertiary/aromatic N) is 2. The van der Waals surface area contributed by atoms with Crippen LogP contribution in [-0.2, 0) is 4.74 Å². The van der Waals surface area contributed by atoms with Crippen molar-refractivity contribution in [3.63, 3.8) is 0 Å². The van der Waals surface area contributed by atoms with Crippen molar-refractivity contribution in [1.82, 2.24) is 9.97 Å². The van der Waals surface area contributed by atoms with Crippen molar-refractivity contribution in [3.05, 3.63) is 18.1 Å². The normalized spacial score (nSPS) is 12.1. The van der Waals surface area contributed by atoms with E-state index in [0.717, 1.165) is 0 Å². The first-order valence-electron chi connectivity index (χ1n) is 5.44. The molecule has 0 saturated heterocycles. The van der Waals surface area contributed by atoms with Gasteiger partial charge >= 0.3 is 12.1 Å². The smallest absolute Gasteiger partial charge is 0.405 e. The lowest BCUT2D eigenvalue weighted by molar-refractivity contribution is -0.115. The third kappa shape index (κ3) is 6.03.